The third-order valence-electron chi connectivity index (χ3n) is 2.67. The van der Waals surface area contributed by atoms with Gasteiger partial charge in [0.25, 0.3) is 5.91 Å². The van der Waals surface area contributed by atoms with Gasteiger partial charge in [0.1, 0.15) is 11.6 Å². The minimum Gasteiger partial charge on any atom is -0.467 e. The molecule has 0 aliphatic carbocycles. The fraction of sp³-hybridized carbons (Fsp3) is 0.438. The van der Waals surface area contributed by atoms with Crippen LogP contribution in [-0.2, 0) is 19.1 Å². The number of hydrogen-bond acceptors (Lipinski definition) is 5. The molecule has 1 amide bonds. The predicted molar refractivity (Wildman–Crippen MR) is 87.9 cm³/mol. The Kier molecular flexibility index (Phi) is 6.75. The largest absolute Gasteiger partial charge is 0.467 e. The Morgan fingerprint density at radius 1 is 1.26 bits per heavy atom. The van der Waals surface area contributed by atoms with E-state index in [-0.39, 0.29) is 6.42 Å². The van der Waals surface area contributed by atoms with Crippen molar-refractivity contribution in [1.82, 2.24) is 5.32 Å². The number of nitrogens with one attached hydrogen (secondary N) is 1. The molecule has 0 unspecified atom stereocenters. The predicted octanol–water partition coefficient (Wildman–Crippen LogP) is 2.45. The molecule has 1 aromatic carbocycles. The third-order valence-corrected chi connectivity index (χ3v) is 3.16. The molecule has 0 radical (unpaired) electrons. The zero-order chi connectivity index (χ0) is 17.6. The van der Waals surface area contributed by atoms with Crippen molar-refractivity contribution in [2.45, 2.75) is 38.8 Å². The summed E-state index contributed by atoms with van der Waals surface area (Å²) in [7, 11) is 1.19. The highest BCUT2D eigenvalue weighted by Gasteiger charge is 2.28. The molecule has 7 heteroatoms. The summed E-state index contributed by atoms with van der Waals surface area (Å²) >= 11 is 3.27. The van der Waals surface area contributed by atoms with E-state index in [9.17, 15) is 14.4 Å². The number of carbonyl (C=O) groups is 3. The van der Waals surface area contributed by atoms with E-state index >= 15 is 0 Å². The fourth-order valence-electron chi connectivity index (χ4n) is 1.76. The summed E-state index contributed by atoms with van der Waals surface area (Å²) in [5, 5.41) is 2.49. The van der Waals surface area contributed by atoms with Gasteiger partial charge in [0.05, 0.1) is 13.5 Å². The van der Waals surface area contributed by atoms with Gasteiger partial charge in [-0.2, -0.15) is 0 Å². The van der Waals surface area contributed by atoms with Crippen LogP contribution in [0.3, 0.4) is 0 Å². The van der Waals surface area contributed by atoms with E-state index in [0.717, 1.165) is 4.47 Å². The Morgan fingerprint density at radius 3 is 2.43 bits per heavy atom. The van der Waals surface area contributed by atoms with Crippen LogP contribution in [0, 0.1) is 0 Å². The molecular weight excluding hydrogens is 366 g/mol. The molecule has 0 saturated heterocycles. The molecule has 0 saturated carbocycles. The van der Waals surface area contributed by atoms with Crippen molar-refractivity contribution in [3.8, 4) is 0 Å². The highest BCUT2D eigenvalue weighted by atomic mass is 79.9. The first-order chi connectivity index (χ1) is 10.6. The van der Waals surface area contributed by atoms with Crippen molar-refractivity contribution in [3.05, 3.63) is 34.3 Å². The zero-order valence-corrected chi connectivity index (χ0v) is 15.1. The number of halogens is 1. The molecule has 1 N–H and O–H groups in total. The van der Waals surface area contributed by atoms with Crippen LogP contribution in [0.5, 0.6) is 0 Å². The van der Waals surface area contributed by atoms with Crippen molar-refractivity contribution in [1.29, 1.82) is 0 Å². The molecule has 0 heterocycles. The van der Waals surface area contributed by atoms with Gasteiger partial charge in [-0.3, -0.25) is 9.59 Å². The smallest absolute Gasteiger partial charge is 0.328 e. The van der Waals surface area contributed by atoms with Crippen LogP contribution < -0.4 is 5.32 Å². The van der Waals surface area contributed by atoms with Crippen LogP contribution in [-0.4, -0.2) is 36.6 Å². The number of hydrogen-bond donors (Lipinski definition) is 1. The van der Waals surface area contributed by atoms with E-state index in [1.165, 1.54) is 7.11 Å². The first-order valence-electron chi connectivity index (χ1n) is 6.98. The first kappa shape index (κ1) is 19.2. The van der Waals surface area contributed by atoms with Crippen LogP contribution in [0.4, 0.5) is 0 Å². The minimum atomic E-state index is -1.11. The van der Waals surface area contributed by atoms with Gasteiger partial charge in [-0.25, -0.2) is 4.79 Å². The van der Waals surface area contributed by atoms with Gasteiger partial charge < -0.3 is 14.8 Å². The average molecular weight is 386 g/mol. The van der Waals surface area contributed by atoms with Crippen molar-refractivity contribution in [3.63, 3.8) is 0 Å². The third kappa shape index (κ3) is 6.81. The van der Waals surface area contributed by atoms with Crippen molar-refractivity contribution in [2.24, 2.45) is 0 Å². The van der Waals surface area contributed by atoms with E-state index in [2.05, 4.69) is 26.0 Å². The number of carbonyl (C=O) groups excluding carboxylic acids is 3. The average Bonchev–Trinajstić information content (AvgIpc) is 2.43. The first-order valence-corrected chi connectivity index (χ1v) is 7.78. The summed E-state index contributed by atoms with van der Waals surface area (Å²) in [4.78, 5) is 35.9. The Morgan fingerprint density at radius 2 is 1.91 bits per heavy atom. The molecule has 126 valence electrons. The second-order valence-electron chi connectivity index (χ2n) is 5.85. The van der Waals surface area contributed by atoms with Crippen molar-refractivity contribution < 1.29 is 23.9 Å². The molecule has 0 fully saturated rings. The lowest BCUT2D eigenvalue weighted by Gasteiger charge is -2.22. The molecule has 0 bridgehead atoms. The molecule has 1 rings (SSSR count). The molecule has 1 aromatic rings. The molecule has 6 nitrogen and oxygen atoms in total. The van der Waals surface area contributed by atoms with Gasteiger partial charge >= 0.3 is 11.9 Å². The topological polar surface area (TPSA) is 81.7 Å². The highest BCUT2D eigenvalue weighted by molar-refractivity contribution is 9.10. The summed E-state index contributed by atoms with van der Waals surface area (Å²) in [6.45, 7) is 5.16. The minimum absolute atomic E-state index is 0.302. The summed E-state index contributed by atoms with van der Waals surface area (Å²) in [5.41, 5.74) is -0.316. The quantitative estimate of drug-likeness (QED) is 0.787. The SMILES string of the molecule is COC(=O)[C@@H](CC(=O)OC(C)(C)C)NC(=O)c1cccc(Br)c1. The maximum Gasteiger partial charge on any atom is 0.328 e. The fourth-order valence-corrected chi connectivity index (χ4v) is 2.16. The number of benzene rings is 1. The monoisotopic (exact) mass is 385 g/mol. The lowest BCUT2D eigenvalue weighted by molar-refractivity contribution is -0.158. The highest BCUT2D eigenvalue weighted by Crippen LogP contribution is 2.13. The van der Waals surface area contributed by atoms with E-state index in [4.69, 9.17) is 4.74 Å². The Labute approximate surface area is 143 Å². The van der Waals surface area contributed by atoms with Crippen LogP contribution >= 0.6 is 15.9 Å². The second-order valence-corrected chi connectivity index (χ2v) is 6.77. The molecular formula is C16H20BrNO5. The van der Waals surface area contributed by atoms with Crippen LogP contribution in [0.25, 0.3) is 0 Å². The Bertz CT molecular complexity index is 594. The van der Waals surface area contributed by atoms with Gasteiger partial charge in [-0.1, -0.05) is 22.0 Å². The van der Waals surface area contributed by atoms with Crippen LogP contribution in [0.15, 0.2) is 28.7 Å². The Balaban J connectivity index is 2.81. The molecule has 1 atom stereocenters. The lowest BCUT2D eigenvalue weighted by Crippen LogP contribution is -2.43. The van der Waals surface area contributed by atoms with E-state index in [1.54, 1.807) is 45.0 Å². The summed E-state index contributed by atoms with van der Waals surface area (Å²) in [5.74, 6) is -1.79. The number of esters is 2. The van der Waals surface area contributed by atoms with Gasteiger partial charge in [-0.15, -0.1) is 0 Å². The van der Waals surface area contributed by atoms with Crippen molar-refractivity contribution >= 4 is 33.8 Å². The number of ether oxygens (including phenoxy) is 2. The van der Waals surface area contributed by atoms with Crippen LogP contribution in [0.1, 0.15) is 37.6 Å². The molecule has 0 aliphatic heterocycles. The normalized spacial score (nSPS) is 12.2. The van der Waals surface area contributed by atoms with Crippen molar-refractivity contribution in [2.75, 3.05) is 7.11 Å². The molecule has 0 spiro atoms. The van der Waals surface area contributed by atoms with Gasteiger partial charge in [0, 0.05) is 10.0 Å². The van der Waals surface area contributed by atoms with E-state index < -0.39 is 29.5 Å². The molecule has 0 aliphatic rings. The van der Waals surface area contributed by atoms with Gasteiger partial charge in [0.2, 0.25) is 0 Å². The maximum atomic E-state index is 12.2. The summed E-state index contributed by atoms with van der Waals surface area (Å²) < 4.78 is 10.5. The number of methoxy groups -OCH3 is 1. The van der Waals surface area contributed by atoms with Gasteiger partial charge in [0.15, 0.2) is 0 Å². The maximum absolute atomic E-state index is 12.2. The van der Waals surface area contributed by atoms with E-state index in [0.29, 0.717) is 5.56 Å². The van der Waals surface area contributed by atoms with Crippen LogP contribution in [0.2, 0.25) is 0 Å². The number of rotatable bonds is 5. The Hall–Kier alpha value is -1.89. The standard InChI is InChI=1S/C16H20BrNO5/c1-16(2,3)23-13(19)9-12(15(21)22-4)18-14(20)10-6-5-7-11(17)8-10/h5-8,12H,9H2,1-4H3,(H,18,20)/t12-/m1/s1. The molecule has 0 aromatic heterocycles. The lowest BCUT2D eigenvalue weighted by atomic mass is 10.1. The summed E-state index contributed by atoms with van der Waals surface area (Å²) in [6.07, 6.45) is -0.302. The summed E-state index contributed by atoms with van der Waals surface area (Å²) in [6, 6.07) is 5.57. The number of amides is 1. The second kappa shape index (κ2) is 8.10. The van der Waals surface area contributed by atoms with Gasteiger partial charge in [-0.05, 0) is 39.0 Å². The van der Waals surface area contributed by atoms with E-state index in [1.807, 2.05) is 0 Å². The zero-order valence-electron chi connectivity index (χ0n) is 13.5. The molecule has 23 heavy (non-hydrogen) atoms.